The third-order valence-corrected chi connectivity index (χ3v) is 11.7. The summed E-state index contributed by atoms with van der Waals surface area (Å²) in [7, 11) is 0. The van der Waals surface area contributed by atoms with Gasteiger partial charge in [-0.1, -0.05) is 19.9 Å². The number of rotatable bonds is 3. The van der Waals surface area contributed by atoms with Crippen molar-refractivity contribution in [3.05, 3.63) is 23.8 Å². The number of carboxylic acid groups (broad SMARTS) is 1. The molecule has 6 rings (SSSR count). The second kappa shape index (κ2) is 8.12. The Morgan fingerprint density at radius 2 is 1.84 bits per heavy atom. The molecule has 0 spiro atoms. The van der Waals surface area contributed by atoms with Gasteiger partial charge in [0.15, 0.2) is 11.5 Å². The second-order valence-electron chi connectivity index (χ2n) is 13.2. The highest BCUT2D eigenvalue weighted by molar-refractivity contribution is 6.01. The van der Waals surface area contributed by atoms with Crippen molar-refractivity contribution < 1.29 is 42.9 Å². The summed E-state index contributed by atoms with van der Waals surface area (Å²) < 4.78 is 44.4. The first kappa shape index (κ1) is 26.0. The Hall–Kier alpha value is -2.29. The van der Waals surface area contributed by atoms with Gasteiger partial charge in [-0.25, -0.2) is 18.4 Å². The number of halogens is 2. The SMILES string of the molecule is C[C@@H]1C[C@H]2[C@@H]3C[C@H](F)C4=CC(=O)C=C[C@]4(C)[C@@]3(F)[C@@H](O)C[C@]2(C)[C@@]1(OC(=O)O[C@@H]1C[C@@H]2CC[C@H]1C2)C(=O)O. The van der Waals surface area contributed by atoms with E-state index >= 15 is 8.78 Å². The zero-order chi connectivity index (χ0) is 27.4. The number of carbonyl (C=O) groups excluding carboxylic acids is 2. The number of carboxylic acids is 1. The first-order valence-corrected chi connectivity index (χ1v) is 13.9. The lowest BCUT2D eigenvalue weighted by atomic mass is 9.44. The zero-order valence-corrected chi connectivity index (χ0v) is 22.0. The fourth-order valence-electron chi connectivity index (χ4n) is 9.85. The monoisotopic (exact) mass is 534 g/mol. The number of ketones is 1. The van der Waals surface area contributed by atoms with Crippen LogP contribution in [0.4, 0.5) is 13.6 Å². The second-order valence-corrected chi connectivity index (χ2v) is 13.2. The van der Waals surface area contributed by atoms with E-state index in [1.54, 1.807) is 13.8 Å². The molecule has 0 radical (unpaired) electrons. The molecule has 38 heavy (non-hydrogen) atoms. The summed E-state index contributed by atoms with van der Waals surface area (Å²) in [6, 6.07) is 0. The predicted octanol–water partition coefficient (Wildman–Crippen LogP) is 4.72. The standard InChI is InChI=1S/C29H36F2O7/c1-14-8-18-19-12-21(30)20-11-17(32)6-7-26(20,2)28(19,31)23(33)13-27(18,3)29(14,24(34)35)38-25(36)37-22-10-15-4-5-16(22)9-15/h6-7,11,14-16,18-19,21-23,33H,4-5,8-10,12-13H2,1-3H3,(H,34,35)/t14-,15-,16+,18+,19+,21+,22-,23+,26+,27+,28+,29+/m1/s1. The Kier molecular flexibility index (Phi) is 5.54. The third kappa shape index (κ3) is 3.05. The molecule has 6 aliphatic carbocycles. The van der Waals surface area contributed by atoms with Crippen molar-refractivity contribution in [2.45, 2.75) is 95.4 Å². The van der Waals surface area contributed by atoms with E-state index in [0.717, 1.165) is 31.8 Å². The van der Waals surface area contributed by atoms with Gasteiger partial charge in [0.2, 0.25) is 5.60 Å². The van der Waals surface area contributed by atoms with Crippen LogP contribution in [0.2, 0.25) is 0 Å². The zero-order valence-electron chi connectivity index (χ0n) is 22.0. The van der Waals surface area contributed by atoms with Gasteiger partial charge in [-0.3, -0.25) is 4.79 Å². The lowest BCUT2D eigenvalue weighted by molar-refractivity contribution is -0.232. The Balaban J connectivity index is 1.36. The highest BCUT2D eigenvalue weighted by atomic mass is 19.1. The average Bonchev–Trinajstić information content (AvgIpc) is 3.51. The molecule has 0 amide bonds. The molecule has 2 bridgehead atoms. The van der Waals surface area contributed by atoms with Crippen LogP contribution in [0.5, 0.6) is 0 Å². The summed E-state index contributed by atoms with van der Waals surface area (Å²) in [5.41, 5.74) is -7.34. The van der Waals surface area contributed by atoms with Crippen LogP contribution in [0.25, 0.3) is 0 Å². The number of hydrogen-bond donors (Lipinski definition) is 2. The van der Waals surface area contributed by atoms with Gasteiger partial charge in [-0.2, -0.15) is 0 Å². The molecule has 0 aromatic rings. The first-order valence-electron chi connectivity index (χ1n) is 13.9. The number of hydrogen-bond acceptors (Lipinski definition) is 6. The van der Waals surface area contributed by atoms with Crippen LogP contribution in [0, 0.1) is 40.4 Å². The van der Waals surface area contributed by atoms with Gasteiger partial charge in [0.1, 0.15) is 12.3 Å². The normalized spacial score (nSPS) is 52.6. The number of allylic oxidation sites excluding steroid dienone is 4. The molecular weight excluding hydrogens is 498 g/mol. The summed E-state index contributed by atoms with van der Waals surface area (Å²) >= 11 is 0. The summed E-state index contributed by atoms with van der Waals surface area (Å²) in [6.07, 6.45) is 2.39. The Morgan fingerprint density at radius 1 is 1.11 bits per heavy atom. The highest BCUT2D eigenvalue weighted by Gasteiger charge is 2.78. The van der Waals surface area contributed by atoms with E-state index in [9.17, 15) is 24.6 Å². The summed E-state index contributed by atoms with van der Waals surface area (Å²) in [6.45, 7) is 4.76. The molecule has 0 saturated heterocycles. The van der Waals surface area contributed by atoms with Crippen LogP contribution < -0.4 is 0 Å². The van der Waals surface area contributed by atoms with Crippen LogP contribution in [-0.4, -0.2) is 57.8 Å². The van der Waals surface area contributed by atoms with Gasteiger partial charge >= 0.3 is 12.1 Å². The number of aliphatic carboxylic acids is 1. The number of fused-ring (bicyclic) bond motifs is 7. The van der Waals surface area contributed by atoms with E-state index in [1.807, 2.05) is 0 Å². The largest absolute Gasteiger partial charge is 0.509 e. The Bertz CT molecular complexity index is 1150. The molecule has 0 aliphatic heterocycles. The van der Waals surface area contributed by atoms with E-state index in [4.69, 9.17) is 9.47 Å². The minimum absolute atomic E-state index is 0.00707. The molecule has 6 aliphatic rings. The Morgan fingerprint density at radius 3 is 2.47 bits per heavy atom. The first-order chi connectivity index (χ1) is 17.8. The maximum atomic E-state index is 17.3. The van der Waals surface area contributed by atoms with Crippen molar-refractivity contribution in [3.63, 3.8) is 0 Å². The van der Waals surface area contributed by atoms with Crippen LogP contribution >= 0.6 is 0 Å². The lowest BCUT2D eigenvalue weighted by Crippen LogP contribution is -2.71. The van der Waals surface area contributed by atoms with Gasteiger partial charge in [-0.05, 0) is 87.3 Å². The molecule has 0 unspecified atom stereocenters. The minimum atomic E-state index is -2.33. The molecule has 5 fully saturated rings. The Labute approximate surface area is 220 Å². The van der Waals surface area contributed by atoms with Gasteiger partial charge in [-0.15, -0.1) is 0 Å². The molecule has 9 heteroatoms. The molecule has 0 heterocycles. The molecule has 0 aromatic carbocycles. The maximum absolute atomic E-state index is 17.3. The van der Waals surface area contributed by atoms with Crippen LogP contribution in [0.1, 0.15) is 65.7 Å². The van der Waals surface area contributed by atoms with Crippen LogP contribution in [0.15, 0.2) is 23.8 Å². The lowest BCUT2D eigenvalue weighted by Gasteiger charge is -2.62. The fourth-order valence-corrected chi connectivity index (χ4v) is 9.85. The van der Waals surface area contributed by atoms with Gasteiger partial charge < -0.3 is 19.7 Å². The number of ether oxygens (including phenoxy) is 2. The fraction of sp³-hybridized carbons (Fsp3) is 0.759. The number of alkyl halides is 2. The van der Waals surface area contributed by atoms with Crippen LogP contribution in [0.3, 0.4) is 0 Å². The van der Waals surface area contributed by atoms with Crippen molar-refractivity contribution in [2.75, 3.05) is 0 Å². The van der Waals surface area contributed by atoms with E-state index < -0.39 is 70.0 Å². The van der Waals surface area contributed by atoms with Crippen LogP contribution in [-0.2, 0) is 19.1 Å². The average molecular weight is 535 g/mol. The molecule has 0 aromatic heterocycles. The van der Waals surface area contributed by atoms with Crippen molar-refractivity contribution >= 4 is 17.9 Å². The molecule has 7 nitrogen and oxygen atoms in total. The maximum Gasteiger partial charge on any atom is 0.509 e. The summed E-state index contributed by atoms with van der Waals surface area (Å²) in [5.74, 6) is -3.53. The van der Waals surface area contributed by atoms with Crippen molar-refractivity contribution in [2.24, 2.45) is 40.4 Å². The van der Waals surface area contributed by atoms with Crippen molar-refractivity contribution in [1.82, 2.24) is 0 Å². The smallest absolute Gasteiger partial charge is 0.478 e. The summed E-state index contributed by atoms with van der Waals surface area (Å²) in [4.78, 5) is 38.1. The number of aliphatic hydroxyl groups is 1. The molecule has 2 N–H and O–H groups in total. The molecular formula is C29H36F2O7. The van der Waals surface area contributed by atoms with E-state index in [0.29, 0.717) is 5.92 Å². The number of aliphatic hydroxyl groups excluding tert-OH is 1. The highest BCUT2D eigenvalue weighted by Crippen LogP contribution is 2.71. The van der Waals surface area contributed by atoms with E-state index in [1.165, 1.54) is 19.1 Å². The van der Waals surface area contributed by atoms with Gasteiger partial charge in [0.05, 0.1) is 6.10 Å². The van der Waals surface area contributed by atoms with E-state index in [-0.39, 0.29) is 36.9 Å². The van der Waals surface area contributed by atoms with E-state index in [2.05, 4.69) is 0 Å². The summed E-state index contributed by atoms with van der Waals surface area (Å²) in [5, 5.41) is 22.0. The molecule has 12 atom stereocenters. The predicted molar refractivity (Wildman–Crippen MR) is 130 cm³/mol. The van der Waals surface area contributed by atoms with Gasteiger partial charge in [0.25, 0.3) is 0 Å². The topological polar surface area (TPSA) is 110 Å². The number of carbonyl (C=O) groups is 3. The van der Waals surface area contributed by atoms with Crippen molar-refractivity contribution in [3.8, 4) is 0 Å². The minimum Gasteiger partial charge on any atom is -0.478 e. The quantitative estimate of drug-likeness (QED) is 0.505. The molecule has 5 saturated carbocycles. The van der Waals surface area contributed by atoms with Crippen molar-refractivity contribution in [1.29, 1.82) is 0 Å². The molecule has 208 valence electrons. The van der Waals surface area contributed by atoms with Gasteiger partial charge in [0, 0.05) is 22.7 Å². The third-order valence-electron chi connectivity index (χ3n) is 11.7.